The zero-order chi connectivity index (χ0) is 17.2. The monoisotopic (exact) mass is 361 g/mol. The van der Waals surface area contributed by atoms with Crippen molar-refractivity contribution in [2.24, 2.45) is 0 Å². The third kappa shape index (κ3) is 3.30. The Morgan fingerprint density at radius 1 is 1.00 bits per heavy atom. The molecule has 1 amide bonds. The van der Waals surface area contributed by atoms with Gasteiger partial charge in [0, 0.05) is 12.1 Å². The minimum atomic E-state index is -0.165. The largest absolute Gasteiger partial charge is 0.486 e. The van der Waals surface area contributed by atoms with Gasteiger partial charge in [0.1, 0.15) is 13.2 Å². The van der Waals surface area contributed by atoms with Gasteiger partial charge in [0.05, 0.1) is 5.02 Å². The van der Waals surface area contributed by atoms with Gasteiger partial charge < -0.3 is 24.3 Å². The fourth-order valence-electron chi connectivity index (χ4n) is 2.77. The molecular weight excluding hydrogens is 346 g/mol. The second kappa shape index (κ2) is 6.72. The van der Waals surface area contributed by atoms with Crippen LogP contribution in [0, 0.1) is 0 Å². The number of rotatable bonds is 4. The number of ether oxygens (including phenoxy) is 4. The molecule has 0 radical (unpaired) electrons. The number of hydrogen-bond acceptors (Lipinski definition) is 5. The van der Waals surface area contributed by atoms with Crippen molar-refractivity contribution in [2.75, 3.05) is 26.6 Å². The molecule has 25 heavy (non-hydrogen) atoms. The van der Waals surface area contributed by atoms with Crippen LogP contribution in [0.25, 0.3) is 0 Å². The smallest absolute Gasteiger partial charge is 0.251 e. The van der Waals surface area contributed by atoms with Crippen LogP contribution in [-0.2, 0) is 6.42 Å². The zero-order valence-corrected chi connectivity index (χ0v) is 14.1. The number of carbonyl (C=O) groups excluding carboxylic acids is 1. The van der Waals surface area contributed by atoms with Crippen LogP contribution in [0.5, 0.6) is 23.0 Å². The highest BCUT2D eigenvalue weighted by atomic mass is 35.5. The Labute approximate surface area is 149 Å². The quantitative estimate of drug-likeness (QED) is 0.907. The number of carbonyl (C=O) groups is 1. The van der Waals surface area contributed by atoms with E-state index in [4.69, 9.17) is 30.5 Å². The molecule has 7 heteroatoms. The molecule has 0 saturated heterocycles. The minimum Gasteiger partial charge on any atom is -0.486 e. The predicted octanol–water partition coefficient (Wildman–Crippen LogP) is 2.81. The van der Waals surface area contributed by atoms with Crippen LogP contribution in [0.1, 0.15) is 15.9 Å². The van der Waals surface area contributed by atoms with Gasteiger partial charge in [-0.05, 0) is 42.3 Å². The zero-order valence-electron chi connectivity index (χ0n) is 13.3. The molecule has 4 rings (SSSR count). The lowest BCUT2D eigenvalue weighted by molar-refractivity contribution is 0.0953. The highest BCUT2D eigenvalue weighted by molar-refractivity contribution is 6.32. The molecule has 0 aromatic heterocycles. The standard InChI is InChI=1S/C18H16ClNO5/c19-13-7-11(8-16-17(13)23-6-5-22-16)3-4-20-18(21)12-1-2-14-15(9-12)25-10-24-14/h1-2,7-9H,3-6,10H2,(H,20,21). The fourth-order valence-corrected chi connectivity index (χ4v) is 3.06. The summed E-state index contributed by atoms with van der Waals surface area (Å²) >= 11 is 6.22. The Balaban J connectivity index is 1.37. The number of benzene rings is 2. The summed E-state index contributed by atoms with van der Waals surface area (Å²) in [6.07, 6.45) is 0.632. The average molecular weight is 362 g/mol. The van der Waals surface area contributed by atoms with Crippen molar-refractivity contribution < 1.29 is 23.7 Å². The first-order chi connectivity index (χ1) is 12.2. The first kappa shape index (κ1) is 15.9. The molecule has 0 atom stereocenters. The molecule has 0 saturated carbocycles. The summed E-state index contributed by atoms with van der Waals surface area (Å²) < 4.78 is 21.6. The molecule has 1 N–H and O–H groups in total. The molecule has 0 spiro atoms. The molecule has 0 fully saturated rings. The lowest BCUT2D eigenvalue weighted by Gasteiger charge is -2.20. The summed E-state index contributed by atoms with van der Waals surface area (Å²) in [7, 11) is 0. The van der Waals surface area contributed by atoms with Crippen molar-refractivity contribution >= 4 is 17.5 Å². The SMILES string of the molecule is O=C(NCCc1cc(Cl)c2c(c1)OCCO2)c1ccc2c(c1)OCO2. The van der Waals surface area contributed by atoms with Crippen LogP contribution in [0.15, 0.2) is 30.3 Å². The third-order valence-electron chi connectivity index (χ3n) is 3.99. The van der Waals surface area contributed by atoms with Gasteiger partial charge in [-0.3, -0.25) is 4.79 Å². The summed E-state index contributed by atoms with van der Waals surface area (Å²) in [5, 5.41) is 3.41. The Kier molecular flexibility index (Phi) is 4.28. The number of halogens is 1. The van der Waals surface area contributed by atoms with Crippen LogP contribution < -0.4 is 24.3 Å². The van der Waals surface area contributed by atoms with Crippen LogP contribution in [0.3, 0.4) is 0 Å². The van der Waals surface area contributed by atoms with E-state index in [0.717, 1.165) is 5.56 Å². The molecular formula is C18H16ClNO5. The van der Waals surface area contributed by atoms with E-state index in [0.29, 0.717) is 59.8 Å². The second-order valence-corrected chi connectivity index (χ2v) is 6.08. The Bertz CT molecular complexity index is 823. The summed E-state index contributed by atoms with van der Waals surface area (Å²) in [6, 6.07) is 8.86. The van der Waals surface area contributed by atoms with Crippen LogP contribution in [0.2, 0.25) is 5.02 Å². The molecule has 0 aliphatic carbocycles. The maximum Gasteiger partial charge on any atom is 0.251 e. The number of fused-ring (bicyclic) bond motifs is 2. The van der Waals surface area contributed by atoms with Gasteiger partial charge in [-0.25, -0.2) is 0 Å². The molecule has 130 valence electrons. The normalized spacial score (nSPS) is 14.3. The van der Waals surface area contributed by atoms with E-state index in [1.807, 2.05) is 12.1 Å². The van der Waals surface area contributed by atoms with Gasteiger partial charge in [0.2, 0.25) is 6.79 Å². The number of amides is 1. The third-order valence-corrected chi connectivity index (χ3v) is 4.27. The van der Waals surface area contributed by atoms with E-state index in [-0.39, 0.29) is 12.7 Å². The van der Waals surface area contributed by atoms with E-state index in [9.17, 15) is 4.79 Å². The van der Waals surface area contributed by atoms with Crippen molar-refractivity contribution in [3.8, 4) is 23.0 Å². The number of nitrogens with one attached hydrogen (secondary N) is 1. The maximum absolute atomic E-state index is 12.3. The molecule has 2 aromatic carbocycles. The first-order valence-electron chi connectivity index (χ1n) is 7.96. The van der Waals surface area contributed by atoms with E-state index in [2.05, 4.69) is 5.32 Å². The fraction of sp³-hybridized carbons (Fsp3) is 0.278. The lowest BCUT2D eigenvalue weighted by atomic mass is 10.1. The topological polar surface area (TPSA) is 66.0 Å². The molecule has 2 aliphatic rings. The number of hydrogen-bond donors (Lipinski definition) is 1. The van der Waals surface area contributed by atoms with Crippen molar-refractivity contribution in [3.63, 3.8) is 0 Å². The van der Waals surface area contributed by atoms with Crippen molar-refractivity contribution in [3.05, 3.63) is 46.5 Å². The van der Waals surface area contributed by atoms with Gasteiger partial charge in [-0.1, -0.05) is 11.6 Å². The molecule has 2 aliphatic heterocycles. The van der Waals surface area contributed by atoms with Crippen molar-refractivity contribution in [2.45, 2.75) is 6.42 Å². The van der Waals surface area contributed by atoms with E-state index in [1.165, 1.54) is 0 Å². The summed E-state index contributed by atoms with van der Waals surface area (Å²) in [6.45, 7) is 1.67. The predicted molar refractivity (Wildman–Crippen MR) is 91.0 cm³/mol. The van der Waals surface area contributed by atoms with Gasteiger partial charge in [0.25, 0.3) is 5.91 Å². The second-order valence-electron chi connectivity index (χ2n) is 5.68. The van der Waals surface area contributed by atoms with Crippen molar-refractivity contribution in [1.29, 1.82) is 0 Å². The molecule has 6 nitrogen and oxygen atoms in total. The van der Waals surface area contributed by atoms with Gasteiger partial charge >= 0.3 is 0 Å². The van der Waals surface area contributed by atoms with Gasteiger partial charge in [-0.2, -0.15) is 0 Å². The highest BCUT2D eigenvalue weighted by Crippen LogP contribution is 2.38. The van der Waals surface area contributed by atoms with Gasteiger partial charge in [-0.15, -0.1) is 0 Å². The summed E-state index contributed by atoms with van der Waals surface area (Å²) in [5.74, 6) is 2.31. The Morgan fingerprint density at radius 2 is 1.84 bits per heavy atom. The summed E-state index contributed by atoms with van der Waals surface area (Å²) in [4.78, 5) is 12.3. The molecule has 0 bridgehead atoms. The van der Waals surface area contributed by atoms with Crippen LogP contribution >= 0.6 is 11.6 Å². The Morgan fingerprint density at radius 3 is 2.76 bits per heavy atom. The average Bonchev–Trinajstić information content (AvgIpc) is 3.09. The van der Waals surface area contributed by atoms with Crippen LogP contribution in [0.4, 0.5) is 0 Å². The lowest BCUT2D eigenvalue weighted by Crippen LogP contribution is -2.25. The van der Waals surface area contributed by atoms with E-state index in [1.54, 1.807) is 18.2 Å². The Hall–Kier alpha value is -2.60. The summed E-state index contributed by atoms with van der Waals surface area (Å²) in [5.41, 5.74) is 1.50. The molecule has 2 aromatic rings. The first-order valence-corrected chi connectivity index (χ1v) is 8.34. The molecule has 2 heterocycles. The maximum atomic E-state index is 12.3. The van der Waals surface area contributed by atoms with E-state index < -0.39 is 0 Å². The van der Waals surface area contributed by atoms with Crippen LogP contribution in [-0.4, -0.2) is 32.5 Å². The van der Waals surface area contributed by atoms with Crippen molar-refractivity contribution in [1.82, 2.24) is 5.32 Å². The molecule has 0 unspecified atom stereocenters. The van der Waals surface area contributed by atoms with E-state index >= 15 is 0 Å². The minimum absolute atomic E-state index is 0.165. The highest BCUT2D eigenvalue weighted by Gasteiger charge is 2.18. The van der Waals surface area contributed by atoms with Gasteiger partial charge in [0.15, 0.2) is 23.0 Å².